The third-order valence-corrected chi connectivity index (χ3v) is 3.16. The minimum absolute atomic E-state index is 0.0683. The van der Waals surface area contributed by atoms with Gasteiger partial charge in [0.05, 0.1) is 18.1 Å². The molecule has 0 radical (unpaired) electrons. The minimum atomic E-state index is -0.676. The molecule has 2 rings (SSSR count). The Morgan fingerprint density at radius 3 is 2.57 bits per heavy atom. The molecule has 2 aromatic carbocycles. The number of benzene rings is 2. The number of carbonyl (C=O) groups excluding carboxylic acids is 1. The molecule has 21 heavy (non-hydrogen) atoms. The normalized spacial score (nSPS) is 9.95. The average Bonchev–Trinajstić information content (AvgIpc) is 2.48. The second-order valence-electron chi connectivity index (χ2n) is 4.32. The molecule has 0 atom stereocenters. The van der Waals surface area contributed by atoms with Gasteiger partial charge >= 0.3 is 0 Å². The lowest BCUT2D eigenvalue weighted by molar-refractivity contribution is 0.0983. The number of anilines is 1. The lowest BCUT2D eigenvalue weighted by Crippen LogP contribution is -2.32. The number of nitrogens with zero attached hydrogens (tertiary/aromatic N) is 2. The lowest BCUT2D eigenvalue weighted by Gasteiger charge is -2.22. The first-order valence-electron chi connectivity index (χ1n) is 6.32. The van der Waals surface area contributed by atoms with Crippen molar-refractivity contribution in [3.63, 3.8) is 0 Å². The van der Waals surface area contributed by atoms with Gasteiger partial charge in [0, 0.05) is 17.3 Å². The Morgan fingerprint density at radius 2 is 1.95 bits per heavy atom. The summed E-state index contributed by atoms with van der Waals surface area (Å²) < 4.78 is 13.9. The summed E-state index contributed by atoms with van der Waals surface area (Å²) in [5.74, 6) is -1.17. The fourth-order valence-corrected chi connectivity index (χ4v) is 2.08. The van der Waals surface area contributed by atoms with E-state index in [-0.39, 0.29) is 23.6 Å². The number of carbonyl (C=O) groups is 1. The van der Waals surface area contributed by atoms with Crippen LogP contribution >= 0.6 is 11.6 Å². The van der Waals surface area contributed by atoms with E-state index in [1.807, 2.05) is 12.1 Å². The van der Waals surface area contributed by atoms with Gasteiger partial charge in [-0.15, -0.1) is 0 Å². The smallest absolute Gasteiger partial charge is 0.261 e. The fraction of sp³-hybridized carbons (Fsp3) is 0.125. The van der Waals surface area contributed by atoms with Crippen LogP contribution in [0.5, 0.6) is 0 Å². The Kier molecular flexibility index (Phi) is 4.91. The molecule has 3 nitrogen and oxygen atoms in total. The fourth-order valence-electron chi connectivity index (χ4n) is 1.93. The Hall–Kier alpha value is -2.38. The summed E-state index contributed by atoms with van der Waals surface area (Å²) >= 11 is 5.69. The van der Waals surface area contributed by atoms with Crippen LogP contribution in [0.3, 0.4) is 0 Å². The summed E-state index contributed by atoms with van der Waals surface area (Å²) in [6.07, 6.45) is 0.163. The van der Waals surface area contributed by atoms with E-state index >= 15 is 0 Å². The molecule has 0 heterocycles. The van der Waals surface area contributed by atoms with E-state index < -0.39 is 11.7 Å². The van der Waals surface area contributed by atoms with Crippen LogP contribution in [0.15, 0.2) is 48.5 Å². The zero-order valence-electron chi connectivity index (χ0n) is 11.1. The predicted molar refractivity (Wildman–Crippen MR) is 79.8 cm³/mol. The summed E-state index contributed by atoms with van der Waals surface area (Å²) in [7, 11) is 0. The highest BCUT2D eigenvalue weighted by molar-refractivity contribution is 6.30. The van der Waals surface area contributed by atoms with E-state index in [9.17, 15) is 9.18 Å². The van der Waals surface area contributed by atoms with E-state index in [1.54, 1.807) is 24.3 Å². The summed E-state index contributed by atoms with van der Waals surface area (Å²) in [4.78, 5) is 13.9. The van der Waals surface area contributed by atoms with Crippen molar-refractivity contribution in [3.8, 4) is 6.07 Å². The summed E-state index contributed by atoms with van der Waals surface area (Å²) in [5.41, 5.74) is 0.549. The highest BCUT2D eigenvalue weighted by Crippen LogP contribution is 2.21. The molecule has 0 spiro atoms. The second kappa shape index (κ2) is 6.87. The number of hydrogen-bond donors (Lipinski definition) is 0. The number of rotatable bonds is 4. The lowest BCUT2D eigenvalue weighted by atomic mass is 10.1. The number of halogens is 2. The van der Waals surface area contributed by atoms with Crippen LogP contribution in [0.4, 0.5) is 10.1 Å². The Balaban J connectivity index is 2.37. The van der Waals surface area contributed by atoms with Crippen LogP contribution in [-0.4, -0.2) is 12.5 Å². The average molecular weight is 303 g/mol. The summed E-state index contributed by atoms with van der Waals surface area (Å²) in [6, 6.07) is 14.8. The molecule has 5 heteroatoms. The van der Waals surface area contributed by atoms with Crippen LogP contribution in [0.2, 0.25) is 5.02 Å². The first-order chi connectivity index (χ1) is 10.1. The van der Waals surface area contributed by atoms with Gasteiger partial charge in [-0.25, -0.2) is 4.39 Å². The van der Waals surface area contributed by atoms with Gasteiger partial charge in [0.2, 0.25) is 0 Å². The monoisotopic (exact) mass is 302 g/mol. The van der Waals surface area contributed by atoms with Crippen molar-refractivity contribution in [2.45, 2.75) is 6.42 Å². The molecule has 0 N–H and O–H groups in total. The molecule has 106 valence electrons. The van der Waals surface area contributed by atoms with Crippen molar-refractivity contribution in [1.29, 1.82) is 5.26 Å². The molecule has 1 amide bonds. The van der Waals surface area contributed by atoms with Crippen molar-refractivity contribution >= 4 is 23.2 Å². The van der Waals surface area contributed by atoms with Gasteiger partial charge in [0.25, 0.3) is 5.91 Å². The number of hydrogen-bond acceptors (Lipinski definition) is 2. The SMILES string of the molecule is N#CCCN(C(=O)c1ccc(Cl)cc1F)c1ccccc1. The van der Waals surface area contributed by atoms with E-state index in [4.69, 9.17) is 16.9 Å². The number of amides is 1. The van der Waals surface area contributed by atoms with E-state index in [1.165, 1.54) is 17.0 Å². The van der Waals surface area contributed by atoms with E-state index in [0.29, 0.717) is 5.69 Å². The van der Waals surface area contributed by atoms with Gasteiger partial charge in [0.15, 0.2) is 0 Å². The number of para-hydroxylation sites is 1. The molecule has 0 fully saturated rings. The van der Waals surface area contributed by atoms with E-state index in [2.05, 4.69) is 0 Å². The molecule has 0 bridgehead atoms. The molecule has 2 aromatic rings. The Morgan fingerprint density at radius 1 is 1.24 bits per heavy atom. The van der Waals surface area contributed by atoms with Crippen LogP contribution in [0.25, 0.3) is 0 Å². The van der Waals surface area contributed by atoms with Gasteiger partial charge in [0.1, 0.15) is 5.82 Å². The minimum Gasteiger partial charge on any atom is -0.307 e. The van der Waals surface area contributed by atoms with E-state index in [0.717, 1.165) is 6.07 Å². The van der Waals surface area contributed by atoms with Crippen molar-refractivity contribution in [2.75, 3.05) is 11.4 Å². The molecular formula is C16H12ClFN2O. The Labute approximate surface area is 127 Å². The molecule has 0 saturated heterocycles. The standard InChI is InChI=1S/C16H12ClFN2O/c17-12-7-8-14(15(18)11-12)16(21)20(10-4-9-19)13-5-2-1-3-6-13/h1-3,5-8,11H,4,10H2. The van der Waals surface area contributed by atoms with Gasteiger partial charge in [-0.3, -0.25) is 4.79 Å². The summed E-state index contributed by atoms with van der Waals surface area (Å²) in [6.45, 7) is 0.196. The highest BCUT2D eigenvalue weighted by atomic mass is 35.5. The highest BCUT2D eigenvalue weighted by Gasteiger charge is 2.20. The van der Waals surface area contributed by atoms with Gasteiger partial charge < -0.3 is 4.90 Å². The largest absolute Gasteiger partial charge is 0.307 e. The maximum absolute atomic E-state index is 13.9. The maximum Gasteiger partial charge on any atom is 0.261 e. The molecule has 0 aliphatic carbocycles. The van der Waals surface area contributed by atoms with Crippen LogP contribution < -0.4 is 4.90 Å². The van der Waals surface area contributed by atoms with Crippen molar-refractivity contribution < 1.29 is 9.18 Å². The van der Waals surface area contributed by atoms with Crippen molar-refractivity contribution in [1.82, 2.24) is 0 Å². The molecule has 0 unspecified atom stereocenters. The first-order valence-corrected chi connectivity index (χ1v) is 6.70. The maximum atomic E-state index is 13.9. The quantitative estimate of drug-likeness (QED) is 0.855. The molecular weight excluding hydrogens is 291 g/mol. The van der Waals surface area contributed by atoms with Gasteiger partial charge in [-0.1, -0.05) is 29.8 Å². The topological polar surface area (TPSA) is 44.1 Å². The molecule has 0 aliphatic heterocycles. The third-order valence-electron chi connectivity index (χ3n) is 2.92. The van der Waals surface area contributed by atoms with Gasteiger partial charge in [-0.2, -0.15) is 5.26 Å². The zero-order valence-corrected chi connectivity index (χ0v) is 11.8. The summed E-state index contributed by atoms with van der Waals surface area (Å²) in [5, 5.41) is 8.95. The van der Waals surface area contributed by atoms with Crippen LogP contribution in [0, 0.1) is 17.1 Å². The molecule has 0 saturated carbocycles. The van der Waals surface area contributed by atoms with Crippen molar-refractivity contribution in [2.24, 2.45) is 0 Å². The molecule has 0 aromatic heterocycles. The Bertz CT molecular complexity index is 682. The second-order valence-corrected chi connectivity index (χ2v) is 4.76. The van der Waals surface area contributed by atoms with Crippen LogP contribution in [0.1, 0.15) is 16.8 Å². The van der Waals surface area contributed by atoms with Gasteiger partial charge in [-0.05, 0) is 30.3 Å². The number of nitriles is 1. The van der Waals surface area contributed by atoms with Crippen molar-refractivity contribution in [3.05, 3.63) is 64.9 Å². The zero-order chi connectivity index (χ0) is 15.2. The predicted octanol–water partition coefficient (Wildman–Crippen LogP) is 4.04. The third kappa shape index (κ3) is 3.59. The first kappa shape index (κ1) is 15.0. The van der Waals surface area contributed by atoms with Crippen LogP contribution in [-0.2, 0) is 0 Å². The molecule has 0 aliphatic rings.